The molecule has 92 valence electrons. The molecule has 17 heavy (non-hydrogen) atoms. The van der Waals surface area contributed by atoms with Gasteiger partial charge < -0.3 is 10.2 Å². The van der Waals surface area contributed by atoms with E-state index in [-0.39, 0.29) is 6.61 Å². The zero-order valence-corrected chi connectivity index (χ0v) is 10.1. The van der Waals surface area contributed by atoms with E-state index in [0.29, 0.717) is 0 Å². The summed E-state index contributed by atoms with van der Waals surface area (Å²) in [5, 5.41) is 19.8. The van der Waals surface area contributed by atoms with Crippen LogP contribution in [0.15, 0.2) is 41.5 Å². The topological polar surface area (TPSA) is 40.5 Å². The fraction of sp³-hybridized carbons (Fsp3) is 0.467. The summed E-state index contributed by atoms with van der Waals surface area (Å²) in [6.45, 7) is -0.0363. The Hall–Kier alpha value is -1.12. The van der Waals surface area contributed by atoms with E-state index < -0.39 is 6.10 Å². The average molecular weight is 232 g/mol. The molecule has 1 aromatic carbocycles. The summed E-state index contributed by atoms with van der Waals surface area (Å²) in [6.07, 6.45) is 5.04. The molecule has 0 saturated heterocycles. The highest BCUT2D eigenvalue weighted by Gasteiger charge is 2.18. The minimum absolute atomic E-state index is 0.0363. The molecule has 0 bridgehead atoms. The number of hydrogen-bond donors (Lipinski definition) is 2. The Morgan fingerprint density at radius 2 is 1.71 bits per heavy atom. The van der Waals surface area contributed by atoms with E-state index in [4.69, 9.17) is 0 Å². The van der Waals surface area contributed by atoms with Crippen LogP contribution >= 0.6 is 0 Å². The third-order valence-corrected chi connectivity index (χ3v) is 3.53. The maximum Gasteiger partial charge on any atom is 0.103 e. The molecule has 0 heterocycles. The summed E-state index contributed by atoms with van der Waals surface area (Å²) >= 11 is 0. The van der Waals surface area contributed by atoms with Crippen molar-refractivity contribution >= 4 is 0 Å². The van der Waals surface area contributed by atoms with Crippen LogP contribution in [0.3, 0.4) is 0 Å². The molecule has 2 heteroatoms. The number of aliphatic hydroxyl groups excluding tert-OH is 2. The van der Waals surface area contributed by atoms with Crippen molar-refractivity contribution in [1.29, 1.82) is 0 Å². The molecule has 0 aliphatic heterocycles. The molecular formula is C15H20O2. The highest BCUT2D eigenvalue weighted by molar-refractivity contribution is 5.30. The lowest BCUT2D eigenvalue weighted by Crippen LogP contribution is -2.10. The molecule has 1 aromatic rings. The third-order valence-electron chi connectivity index (χ3n) is 3.53. The van der Waals surface area contributed by atoms with Gasteiger partial charge in [0, 0.05) is 0 Å². The van der Waals surface area contributed by atoms with Crippen LogP contribution in [0, 0.1) is 0 Å². The summed E-state index contributed by atoms with van der Waals surface area (Å²) in [7, 11) is 0. The normalized spacial score (nSPS) is 17.9. The molecule has 1 aliphatic carbocycles. The van der Waals surface area contributed by atoms with Crippen LogP contribution in [0.4, 0.5) is 0 Å². The summed E-state index contributed by atoms with van der Waals surface area (Å²) in [5.74, 6) is 0. The van der Waals surface area contributed by atoms with Crippen molar-refractivity contribution in [2.45, 2.75) is 38.2 Å². The van der Waals surface area contributed by atoms with Crippen molar-refractivity contribution in [3.63, 3.8) is 0 Å². The van der Waals surface area contributed by atoms with Gasteiger partial charge in [0.25, 0.3) is 0 Å². The van der Waals surface area contributed by atoms with E-state index in [0.717, 1.165) is 24.0 Å². The predicted molar refractivity (Wildman–Crippen MR) is 68.6 cm³/mol. The lowest BCUT2D eigenvalue weighted by atomic mass is 9.87. The SMILES string of the molecule is OCC(=C1CCCCC1)C(O)c1ccccc1. The molecular weight excluding hydrogens is 212 g/mol. The van der Waals surface area contributed by atoms with Gasteiger partial charge >= 0.3 is 0 Å². The summed E-state index contributed by atoms with van der Waals surface area (Å²) in [4.78, 5) is 0. The second-order valence-corrected chi connectivity index (χ2v) is 4.66. The zero-order valence-electron chi connectivity index (χ0n) is 10.1. The third kappa shape index (κ3) is 2.96. The molecule has 0 amide bonds. The van der Waals surface area contributed by atoms with E-state index in [1.807, 2.05) is 30.3 Å². The van der Waals surface area contributed by atoms with E-state index in [1.165, 1.54) is 24.8 Å². The Morgan fingerprint density at radius 1 is 1.06 bits per heavy atom. The van der Waals surface area contributed by atoms with Gasteiger partial charge in [-0.1, -0.05) is 42.3 Å². The van der Waals surface area contributed by atoms with E-state index in [9.17, 15) is 10.2 Å². The second kappa shape index (κ2) is 5.99. The van der Waals surface area contributed by atoms with Crippen LogP contribution in [0.1, 0.15) is 43.8 Å². The van der Waals surface area contributed by atoms with Gasteiger partial charge in [-0.25, -0.2) is 0 Å². The molecule has 2 N–H and O–H groups in total. The highest BCUT2D eigenvalue weighted by Crippen LogP contribution is 2.31. The smallest absolute Gasteiger partial charge is 0.103 e. The number of benzene rings is 1. The van der Waals surface area contributed by atoms with Crippen molar-refractivity contribution in [2.75, 3.05) is 6.61 Å². The van der Waals surface area contributed by atoms with Crippen molar-refractivity contribution in [3.8, 4) is 0 Å². The van der Waals surface area contributed by atoms with Gasteiger partial charge in [0.1, 0.15) is 6.10 Å². The molecule has 1 aliphatic rings. The Balaban J connectivity index is 2.23. The standard InChI is InChI=1S/C15H20O2/c16-11-14(12-7-3-1-4-8-12)15(17)13-9-5-2-6-10-13/h2,5-6,9-10,15-17H,1,3-4,7-8,11H2. The van der Waals surface area contributed by atoms with Crippen LogP contribution in [-0.4, -0.2) is 16.8 Å². The van der Waals surface area contributed by atoms with Gasteiger partial charge in [0.05, 0.1) is 6.61 Å². The van der Waals surface area contributed by atoms with Crippen LogP contribution in [-0.2, 0) is 0 Å². The zero-order chi connectivity index (χ0) is 12.1. The Kier molecular flexibility index (Phi) is 4.35. The fourth-order valence-electron chi connectivity index (χ4n) is 2.53. The average Bonchev–Trinajstić information content (AvgIpc) is 2.42. The first-order chi connectivity index (χ1) is 8.33. The summed E-state index contributed by atoms with van der Waals surface area (Å²) in [6, 6.07) is 9.58. The monoisotopic (exact) mass is 232 g/mol. The largest absolute Gasteiger partial charge is 0.392 e. The summed E-state index contributed by atoms with van der Waals surface area (Å²) < 4.78 is 0. The lowest BCUT2D eigenvalue weighted by Gasteiger charge is -2.22. The molecule has 1 atom stereocenters. The van der Waals surface area contributed by atoms with E-state index in [2.05, 4.69) is 0 Å². The first-order valence-electron chi connectivity index (χ1n) is 6.37. The molecule has 0 radical (unpaired) electrons. The van der Waals surface area contributed by atoms with Crippen molar-refractivity contribution in [2.24, 2.45) is 0 Å². The summed E-state index contributed by atoms with van der Waals surface area (Å²) in [5.41, 5.74) is 2.95. The number of rotatable bonds is 3. The van der Waals surface area contributed by atoms with Crippen LogP contribution < -0.4 is 0 Å². The van der Waals surface area contributed by atoms with Crippen molar-refractivity contribution in [1.82, 2.24) is 0 Å². The minimum Gasteiger partial charge on any atom is -0.392 e. The molecule has 2 nitrogen and oxygen atoms in total. The van der Waals surface area contributed by atoms with Gasteiger partial charge in [0.15, 0.2) is 0 Å². The number of allylic oxidation sites excluding steroid dienone is 1. The van der Waals surface area contributed by atoms with Crippen LogP contribution in [0.2, 0.25) is 0 Å². The van der Waals surface area contributed by atoms with Crippen LogP contribution in [0.25, 0.3) is 0 Å². The van der Waals surface area contributed by atoms with Gasteiger partial charge in [-0.3, -0.25) is 0 Å². The quantitative estimate of drug-likeness (QED) is 0.787. The first-order valence-corrected chi connectivity index (χ1v) is 6.37. The Morgan fingerprint density at radius 3 is 2.29 bits per heavy atom. The molecule has 2 rings (SSSR count). The molecule has 0 aromatic heterocycles. The van der Waals surface area contributed by atoms with E-state index in [1.54, 1.807) is 0 Å². The van der Waals surface area contributed by atoms with Crippen molar-refractivity contribution in [3.05, 3.63) is 47.0 Å². The van der Waals surface area contributed by atoms with Crippen LogP contribution in [0.5, 0.6) is 0 Å². The van der Waals surface area contributed by atoms with E-state index >= 15 is 0 Å². The molecule has 0 spiro atoms. The van der Waals surface area contributed by atoms with Gasteiger partial charge in [-0.15, -0.1) is 0 Å². The van der Waals surface area contributed by atoms with Gasteiger partial charge in [-0.2, -0.15) is 0 Å². The van der Waals surface area contributed by atoms with Gasteiger partial charge in [-0.05, 0) is 36.8 Å². The highest BCUT2D eigenvalue weighted by atomic mass is 16.3. The molecule has 1 unspecified atom stereocenters. The Labute approximate surface area is 103 Å². The fourth-order valence-corrected chi connectivity index (χ4v) is 2.53. The minimum atomic E-state index is -0.644. The first kappa shape index (κ1) is 12.3. The van der Waals surface area contributed by atoms with Gasteiger partial charge in [0.2, 0.25) is 0 Å². The molecule has 1 fully saturated rings. The number of aliphatic hydroxyl groups is 2. The molecule has 1 saturated carbocycles. The van der Waals surface area contributed by atoms with Crippen molar-refractivity contribution < 1.29 is 10.2 Å². The predicted octanol–water partition coefficient (Wildman–Crippen LogP) is 2.97. The lowest BCUT2D eigenvalue weighted by molar-refractivity contribution is 0.187. The Bertz CT molecular complexity index is 373. The maximum absolute atomic E-state index is 10.3. The number of hydrogen-bond acceptors (Lipinski definition) is 2. The second-order valence-electron chi connectivity index (χ2n) is 4.66. The maximum atomic E-state index is 10.3.